The Balaban J connectivity index is 1.77. The first kappa shape index (κ1) is 26.6. The van der Waals surface area contributed by atoms with Crippen LogP contribution in [0.1, 0.15) is 24.0 Å². The standard InChI is InChI=1S/C24H32N4O6/c25-14-20(29)15-27-22(30)21(28-24(32)34-17-19-10-5-2-6-11-19)12-7-13-26-23(31)33-16-18-8-3-1-4-9-18/h1-6,8-11,20-21,29H,7,12-17,25H2,(H,26,31)(H,27,30)(H,28,32)/t20?,21-/m0/s1. The molecular formula is C24H32N4O6. The molecule has 6 N–H and O–H groups in total. The summed E-state index contributed by atoms with van der Waals surface area (Å²) in [4.78, 5) is 36.6. The summed E-state index contributed by atoms with van der Waals surface area (Å²) in [5.74, 6) is -0.490. The molecule has 1 unspecified atom stereocenters. The molecule has 0 aliphatic heterocycles. The smallest absolute Gasteiger partial charge is 0.408 e. The second kappa shape index (κ2) is 15.3. The summed E-state index contributed by atoms with van der Waals surface area (Å²) < 4.78 is 10.3. The van der Waals surface area contributed by atoms with E-state index in [1.54, 1.807) is 0 Å². The Morgan fingerprint density at radius 2 is 1.41 bits per heavy atom. The summed E-state index contributed by atoms with van der Waals surface area (Å²) in [6.07, 6.45) is -1.61. The number of ether oxygens (including phenoxy) is 2. The van der Waals surface area contributed by atoms with Crippen molar-refractivity contribution in [2.45, 2.75) is 38.2 Å². The lowest BCUT2D eigenvalue weighted by atomic mass is 10.1. The van der Waals surface area contributed by atoms with Crippen molar-refractivity contribution in [1.82, 2.24) is 16.0 Å². The fraction of sp³-hybridized carbons (Fsp3) is 0.375. The molecule has 0 fully saturated rings. The third kappa shape index (κ3) is 10.8. The molecule has 3 amide bonds. The highest BCUT2D eigenvalue weighted by molar-refractivity contribution is 5.85. The van der Waals surface area contributed by atoms with Gasteiger partial charge in [0, 0.05) is 19.6 Å². The van der Waals surface area contributed by atoms with E-state index < -0.39 is 30.2 Å². The van der Waals surface area contributed by atoms with Crippen molar-refractivity contribution < 1.29 is 29.0 Å². The Morgan fingerprint density at radius 1 is 0.853 bits per heavy atom. The summed E-state index contributed by atoms with van der Waals surface area (Å²) in [5, 5.41) is 17.3. The number of nitrogens with one attached hydrogen (secondary N) is 3. The minimum absolute atomic E-state index is 0.00743. The number of hydrogen-bond donors (Lipinski definition) is 5. The Labute approximate surface area is 198 Å². The van der Waals surface area contributed by atoms with Gasteiger partial charge in [-0.2, -0.15) is 0 Å². The van der Waals surface area contributed by atoms with Crippen LogP contribution >= 0.6 is 0 Å². The minimum atomic E-state index is -0.921. The summed E-state index contributed by atoms with van der Waals surface area (Å²) in [7, 11) is 0. The van der Waals surface area contributed by atoms with Crippen LogP contribution in [0.5, 0.6) is 0 Å². The van der Waals surface area contributed by atoms with Gasteiger partial charge in [-0.15, -0.1) is 0 Å². The molecule has 0 aliphatic rings. The number of alkyl carbamates (subject to hydrolysis) is 2. The summed E-state index contributed by atoms with van der Waals surface area (Å²) in [6.45, 7) is 0.393. The Bertz CT molecular complexity index is 882. The van der Waals surface area contributed by atoms with E-state index in [2.05, 4.69) is 16.0 Å². The monoisotopic (exact) mass is 472 g/mol. The van der Waals surface area contributed by atoms with Gasteiger partial charge in [-0.1, -0.05) is 60.7 Å². The number of carbonyl (C=O) groups excluding carboxylic acids is 3. The van der Waals surface area contributed by atoms with Gasteiger partial charge >= 0.3 is 12.2 Å². The molecule has 0 heterocycles. The lowest BCUT2D eigenvalue weighted by Gasteiger charge is -2.19. The first-order valence-electron chi connectivity index (χ1n) is 11.1. The summed E-state index contributed by atoms with van der Waals surface area (Å²) in [6, 6.07) is 17.5. The van der Waals surface area contributed by atoms with Gasteiger partial charge in [0.05, 0.1) is 6.10 Å². The number of hydrogen-bond acceptors (Lipinski definition) is 7. The van der Waals surface area contributed by atoms with E-state index in [9.17, 15) is 19.5 Å². The molecule has 184 valence electrons. The van der Waals surface area contributed by atoms with Gasteiger partial charge in [-0.05, 0) is 24.0 Å². The lowest BCUT2D eigenvalue weighted by molar-refractivity contribution is -0.123. The van der Waals surface area contributed by atoms with Crippen molar-refractivity contribution in [3.05, 3.63) is 71.8 Å². The maximum atomic E-state index is 12.5. The highest BCUT2D eigenvalue weighted by Crippen LogP contribution is 2.04. The molecule has 2 aromatic carbocycles. The zero-order valence-electron chi connectivity index (χ0n) is 18.9. The molecule has 0 radical (unpaired) electrons. The van der Waals surface area contributed by atoms with Crippen LogP contribution < -0.4 is 21.7 Å². The predicted octanol–water partition coefficient (Wildman–Crippen LogP) is 1.42. The second-order valence-corrected chi connectivity index (χ2v) is 7.52. The zero-order valence-corrected chi connectivity index (χ0v) is 18.9. The Kier molecular flexibility index (Phi) is 11.9. The third-order valence-electron chi connectivity index (χ3n) is 4.76. The molecule has 2 rings (SSSR count). The van der Waals surface area contributed by atoms with E-state index in [4.69, 9.17) is 15.2 Å². The van der Waals surface area contributed by atoms with Crippen LogP contribution in [0.25, 0.3) is 0 Å². The highest BCUT2D eigenvalue weighted by atomic mass is 16.6. The van der Waals surface area contributed by atoms with Crippen molar-refractivity contribution in [3.63, 3.8) is 0 Å². The first-order chi connectivity index (χ1) is 16.5. The van der Waals surface area contributed by atoms with Crippen molar-refractivity contribution in [2.24, 2.45) is 5.73 Å². The fourth-order valence-corrected chi connectivity index (χ4v) is 2.87. The first-order valence-corrected chi connectivity index (χ1v) is 11.1. The van der Waals surface area contributed by atoms with Gasteiger partial charge in [0.1, 0.15) is 19.3 Å². The second-order valence-electron chi connectivity index (χ2n) is 7.52. The quantitative estimate of drug-likeness (QED) is 0.277. The number of benzene rings is 2. The number of amides is 3. The Hall–Kier alpha value is -3.63. The molecule has 0 bridgehead atoms. The largest absolute Gasteiger partial charge is 0.445 e. The highest BCUT2D eigenvalue weighted by Gasteiger charge is 2.22. The van der Waals surface area contributed by atoms with Gasteiger partial charge in [0.15, 0.2) is 0 Å². The van der Waals surface area contributed by atoms with Crippen LogP contribution in [0.3, 0.4) is 0 Å². The van der Waals surface area contributed by atoms with Crippen LogP contribution in [-0.4, -0.2) is 55.0 Å². The van der Waals surface area contributed by atoms with E-state index in [1.807, 2.05) is 60.7 Å². The topological polar surface area (TPSA) is 152 Å². The van der Waals surface area contributed by atoms with Crippen molar-refractivity contribution in [3.8, 4) is 0 Å². The van der Waals surface area contributed by atoms with Crippen LogP contribution in [0.4, 0.5) is 9.59 Å². The molecule has 0 saturated carbocycles. The molecule has 10 nitrogen and oxygen atoms in total. The average Bonchev–Trinajstić information content (AvgIpc) is 2.87. The molecule has 10 heteroatoms. The normalized spacial score (nSPS) is 12.2. The molecule has 0 aliphatic carbocycles. The van der Waals surface area contributed by atoms with E-state index in [-0.39, 0.29) is 39.3 Å². The number of rotatable bonds is 13. The van der Waals surface area contributed by atoms with Gasteiger partial charge in [0.2, 0.25) is 5.91 Å². The van der Waals surface area contributed by atoms with E-state index in [1.165, 1.54) is 0 Å². The molecule has 2 atom stereocenters. The third-order valence-corrected chi connectivity index (χ3v) is 4.76. The van der Waals surface area contributed by atoms with Gasteiger partial charge in [0.25, 0.3) is 0 Å². The fourth-order valence-electron chi connectivity index (χ4n) is 2.87. The number of carbonyl (C=O) groups is 3. The van der Waals surface area contributed by atoms with E-state index >= 15 is 0 Å². The molecule has 34 heavy (non-hydrogen) atoms. The summed E-state index contributed by atoms with van der Waals surface area (Å²) in [5.41, 5.74) is 7.03. The molecule has 0 spiro atoms. The molecule has 2 aromatic rings. The van der Waals surface area contributed by atoms with Crippen LogP contribution in [0, 0.1) is 0 Å². The summed E-state index contributed by atoms with van der Waals surface area (Å²) >= 11 is 0. The van der Waals surface area contributed by atoms with Crippen molar-refractivity contribution in [2.75, 3.05) is 19.6 Å². The van der Waals surface area contributed by atoms with Gasteiger partial charge in [-0.3, -0.25) is 4.79 Å². The maximum Gasteiger partial charge on any atom is 0.408 e. The van der Waals surface area contributed by atoms with Gasteiger partial charge in [-0.25, -0.2) is 9.59 Å². The lowest BCUT2D eigenvalue weighted by Crippen LogP contribution is -2.49. The zero-order chi connectivity index (χ0) is 24.6. The van der Waals surface area contributed by atoms with E-state index in [0.717, 1.165) is 11.1 Å². The maximum absolute atomic E-state index is 12.5. The van der Waals surface area contributed by atoms with Crippen LogP contribution in [-0.2, 0) is 27.5 Å². The number of aliphatic hydroxyl groups is 1. The Morgan fingerprint density at radius 3 is 1.97 bits per heavy atom. The van der Waals surface area contributed by atoms with Gasteiger partial charge < -0.3 is 36.3 Å². The van der Waals surface area contributed by atoms with E-state index in [0.29, 0.717) is 6.42 Å². The average molecular weight is 473 g/mol. The van der Waals surface area contributed by atoms with Crippen molar-refractivity contribution >= 4 is 18.1 Å². The van der Waals surface area contributed by atoms with Crippen LogP contribution in [0.2, 0.25) is 0 Å². The minimum Gasteiger partial charge on any atom is -0.445 e. The molecule has 0 aromatic heterocycles. The number of aliphatic hydroxyl groups excluding tert-OH is 1. The predicted molar refractivity (Wildman–Crippen MR) is 125 cm³/mol. The SMILES string of the molecule is NCC(O)CNC(=O)[C@H](CCCNC(=O)OCc1ccccc1)NC(=O)OCc1ccccc1. The number of nitrogens with two attached hydrogens (primary N) is 1. The van der Waals surface area contributed by atoms with Crippen LogP contribution in [0.15, 0.2) is 60.7 Å². The molecular weight excluding hydrogens is 440 g/mol. The molecule has 0 saturated heterocycles. The van der Waals surface area contributed by atoms with Crippen molar-refractivity contribution in [1.29, 1.82) is 0 Å².